The minimum Gasteiger partial charge on any atom is -0.423 e. The number of pyridine rings is 1. The molecule has 1 aliphatic rings. The second-order valence-electron chi connectivity index (χ2n) is 7.97. The molecule has 2 aromatic heterocycles. The Morgan fingerprint density at radius 1 is 1.16 bits per heavy atom. The largest absolute Gasteiger partial charge is 0.423 e. The lowest BCUT2D eigenvalue weighted by Gasteiger charge is -2.21. The van der Waals surface area contributed by atoms with Crippen LogP contribution in [-0.2, 0) is 15.8 Å². The van der Waals surface area contributed by atoms with Crippen molar-refractivity contribution in [1.29, 1.82) is 0 Å². The quantitative estimate of drug-likeness (QED) is 0.519. The van der Waals surface area contributed by atoms with Gasteiger partial charge in [0.05, 0.1) is 10.1 Å². The highest BCUT2D eigenvalue weighted by Gasteiger charge is 2.34. The lowest BCUT2D eigenvalue weighted by Crippen LogP contribution is -2.27. The van der Waals surface area contributed by atoms with E-state index in [1.165, 1.54) is 25.1 Å². The van der Waals surface area contributed by atoms with Crippen LogP contribution in [0.5, 0.6) is 0 Å². The predicted molar refractivity (Wildman–Crippen MR) is 118 cm³/mol. The van der Waals surface area contributed by atoms with Crippen LogP contribution < -0.4 is 10.5 Å². The molecule has 0 bridgehead atoms. The van der Waals surface area contributed by atoms with E-state index in [-0.39, 0.29) is 15.9 Å². The van der Waals surface area contributed by atoms with Crippen molar-refractivity contribution in [3.63, 3.8) is 0 Å². The smallest absolute Gasteiger partial charge is 0.336 e. The average Bonchev–Trinajstić information content (AvgIpc) is 3.05. The molecule has 0 aliphatic carbocycles. The summed E-state index contributed by atoms with van der Waals surface area (Å²) in [5.41, 5.74) is -1.46. The summed E-state index contributed by atoms with van der Waals surface area (Å²) in [6.07, 6.45) is 2.71. The van der Waals surface area contributed by atoms with Crippen LogP contribution in [0.1, 0.15) is 38.2 Å². The van der Waals surface area contributed by atoms with Crippen molar-refractivity contribution in [1.82, 2.24) is 4.98 Å². The molecule has 0 amide bonds. The third kappa shape index (κ3) is 4.26. The van der Waals surface area contributed by atoms with Crippen molar-refractivity contribution >= 4 is 26.6 Å². The monoisotopic (exact) mass is 462 g/mol. The van der Waals surface area contributed by atoms with E-state index < -0.39 is 38.6 Å². The van der Waals surface area contributed by atoms with Gasteiger partial charge in [-0.05, 0) is 49.6 Å². The average molecular weight is 463 g/mol. The third-order valence-corrected chi connectivity index (χ3v) is 8.23. The summed E-state index contributed by atoms with van der Waals surface area (Å²) in [6, 6.07) is 10.2. The zero-order valence-electron chi connectivity index (χ0n) is 17.6. The summed E-state index contributed by atoms with van der Waals surface area (Å²) < 4.78 is 60.9. The molecule has 1 unspecified atom stereocenters. The number of hydrogen-bond donors (Lipinski definition) is 0. The van der Waals surface area contributed by atoms with Crippen molar-refractivity contribution in [2.75, 3.05) is 18.0 Å². The molecule has 170 valence electrons. The van der Waals surface area contributed by atoms with Crippen molar-refractivity contribution in [3.8, 4) is 0 Å². The van der Waals surface area contributed by atoms with E-state index in [1.54, 1.807) is 6.20 Å². The van der Waals surface area contributed by atoms with Gasteiger partial charge < -0.3 is 9.32 Å². The van der Waals surface area contributed by atoms with Gasteiger partial charge in [0.25, 0.3) is 5.92 Å². The maximum Gasteiger partial charge on any atom is 0.336 e. The van der Waals surface area contributed by atoms with Crippen molar-refractivity contribution in [2.24, 2.45) is 0 Å². The van der Waals surface area contributed by atoms with E-state index in [0.29, 0.717) is 32.4 Å². The fourth-order valence-corrected chi connectivity index (χ4v) is 5.97. The van der Waals surface area contributed by atoms with Crippen LogP contribution in [0.15, 0.2) is 62.8 Å². The number of benzene rings is 1. The second-order valence-corrected chi connectivity index (χ2v) is 10.2. The highest BCUT2D eigenvalue weighted by atomic mass is 32.2. The first kappa shape index (κ1) is 22.4. The van der Waals surface area contributed by atoms with Crippen LogP contribution in [0.2, 0.25) is 0 Å². The maximum atomic E-state index is 14.5. The number of aromatic nitrogens is 1. The van der Waals surface area contributed by atoms with Gasteiger partial charge in [0.15, 0.2) is 9.84 Å². The molecule has 1 aromatic carbocycles. The first-order chi connectivity index (χ1) is 15.2. The highest BCUT2D eigenvalue weighted by molar-refractivity contribution is 7.92. The fourth-order valence-electron chi connectivity index (χ4n) is 4.15. The zero-order chi connectivity index (χ0) is 22.9. The van der Waals surface area contributed by atoms with E-state index >= 15 is 0 Å². The first-order valence-corrected chi connectivity index (χ1v) is 12.1. The number of rotatable bonds is 5. The normalized spacial score (nSPS) is 18.0. The molecule has 3 aromatic rings. The molecule has 1 saturated heterocycles. The van der Waals surface area contributed by atoms with Crippen LogP contribution in [0, 0.1) is 0 Å². The van der Waals surface area contributed by atoms with Crippen LogP contribution in [0.25, 0.3) is 11.0 Å². The molecule has 0 spiro atoms. The number of hydrogen-bond acceptors (Lipinski definition) is 6. The number of alkyl halides is 2. The Labute approximate surface area is 184 Å². The maximum absolute atomic E-state index is 14.5. The van der Waals surface area contributed by atoms with E-state index in [2.05, 4.69) is 9.88 Å². The molecule has 3 heterocycles. The number of nitrogens with zero attached hydrogens (tertiary/aromatic N) is 2. The van der Waals surface area contributed by atoms with Crippen LogP contribution in [0.3, 0.4) is 0 Å². The number of sulfone groups is 1. The lowest BCUT2D eigenvalue weighted by molar-refractivity contribution is -0.00715. The van der Waals surface area contributed by atoms with Gasteiger partial charge in [0.2, 0.25) is 0 Å². The van der Waals surface area contributed by atoms with Gasteiger partial charge in [-0.1, -0.05) is 13.0 Å². The Bertz CT molecular complexity index is 1280. The molecule has 6 nitrogen and oxygen atoms in total. The van der Waals surface area contributed by atoms with Gasteiger partial charge in [-0.2, -0.15) is 0 Å². The Morgan fingerprint density at radius 2 is 1.97 bits per heavy atom. The molecule has 0 saturated carbocycles. The molecule has 32 heavy (non-hydrogen) atoms. The molecule has 1 atom stereocenters. The molecule has 1 aliphatic heterocycles. The fraction of sp³-hybridized carbons (Fsp3) is 0.391. The van der Waals surface area contributed by atoms with E-state index in [9.17, 15) is 22.0 Å². The van der Waals surface area contributed by atoms with Crippen molar-refractivity contribution < 1.29 is 21.6 Å². The van der Waals surface area contributed by atoms with Gasteiger partial charge in [0, 0.05) is 42.7 Å². The van der Waals surface area contributed by atoms with Gasteiger partial charge in [-0.3, -0.25) is 0 Å². The molecular formula is C23H24F2N2O4S. The molecule has 9 heteroatoms. The first-order valence-electron chi connectivity index (χ1n) is 10.6. The summed E-state index contributed by atoms with van der Waals surface area (Å²) in [6.45, 7) is 2.53. The molecule has 1 fully saturated rings. The molecule has 0 N–H and O–H groups in total. The van der Waals surface area contributed by atoms with Gasteiger partial charge in [-0.25, -0.2) is 27.0 Å². The number of anilines is 1. The molecular weight excluding hydrogens is 438 g/mol. The summed E-state index contributed by atoms with van der Waals surface area (Å²) in [5.74, 6) is -2.47. The SMILES string of the molecule is CCC(F)(F)c1cc(=O)oc2ccc(S(=O)(=O)C3CCCN(c4ccccn4)CC3)cc12. The van der Waals surface area contributed by atoms with Crippen LogP contribution >= 0.6 is 0 Å². The number of halogens is 2. The zero-order valence-corrected chi connectivity index (χ0v) is 18.4. The van der Waals surface area contributed by atoms with Crippen molar-refractivity contribution in [2.45, 2.75) is 48.7 Å². The van der Waals surface area contributed by atoms with E-state index in [0.717, 1.165) is 11.9 Å². The van der Waals surface area contributed by atoms with Crippen molar-refractivity contribution in [3.05, 3.63) is 64.6 Å². The summed E-state index contributed by atoms with van der Waals surface area (Å²) >= 11 is 0. The Morgan fingerprint density at radius 3 is 2.69 bits per heavy atom. The topological polar surface area (TPSA) is 80.5 Å². The Kier molecular flexibility index (Phi) is 6.03. The van der Waals surface area contributed by atoms with E-state index in [1.807, 2.05) is 18.2 Å². The predicted octanol–water partition coefficient (Wildman–Crippen LogP) is 4.52. The summed E-state index contributed by atoms with van der Waals surface area (Å²) in [4.78, 5) is 18.1. The van der Waals surface area contributed by atoms with Gasteiger partial charge in [-0.15, -0.1) is 0 Å². The van der Waals surface area contributed by atoms with Gasteiger partial charge >= 0.3 is 5.63 Å². The summed E-state index contributed by atoms with van der Waals surface area (Å²) in [7, 11) is -3.77. The van der Waals surface area contributed by atoms with Crippen LogP contribution in [-0.4, -0.2) is 31.7 Å². The Balaban J connectivity index is 1.68. The lowest BCUT2D eigenvalue weighted by atomic mass is 10.0. The minimum atomic E-state index is -3.77. The van der Waals surface area contributed by atoms with E-state index in [4.69, 9.17) is 4.42 Å². The third-order valence-electron chi connectivity index (χ3n) is 5.97. The number of fused-ring (bicyclic) bond motifs is 1. The second kappa shape index (κ2) is 8.61. The highest BCUT2D eigenvalue weighted by Crippen LogP contribution is 2.37. The standard InChI is InChI=1S/C23H24F2N2O4S/c1-2-23(24,25)19-15-22(28)31-20-9-8-17(14-18(19)20)32(29,30)16-6-5-12-27(13-10-16)21-7-3-4-11-26-21/h3-4,7-9,11,14-16H,2,5-6,10,12-13H2,1H3. The van der Waals surface area contributed by atoms with Gasteiger partial charge in [0.1, 0.15) is 11.4 Å². The Hall–Kier alpha value is -2.81. The summed E-state index contributed by atoms with van der Waals surface area (Å²) in [5, 5.41) is -0.694. The molecule has 0 radical (unpaired) electrons. The van der Waals surface area contributed by atoms with Crippen LogP contribution in [0.4, 0.5) is 14.6 Å². The molecule has 4 rings (SSSR count). The minimum absolute atomic E-state index is 0.0386.